The van der Waals surface area contributed by atoms with Gasteiger partial charge in [-0.25, -0.2) is 0 Å². The van der Waals surface area contributed by atoms with Crippen molar-refractivity contribution in [3.63, 3.8) is 0 Å². The van der Waals surface area contributed by atoms with Crippen molar-refractivity contribution in [2.45, 2.75) is 43.9 Å². The smallest absolute Gasteiger partial charge is 0.0900 e. The fraction of sp³-hybridized carbons (Fsp3) is 0.750. The number of aromatic amines is 1. The van der Waals surface area contributed by atoms with E-state index >= 15 is 0 Å². The van der Waals surface area contributed by atoms with Crippen LogP contribution in [0.3, 0.4) is 0 Å². The predicted octanol–water partition coefficient (Wildman–Crippen LogP) is 1.71. The Bertz CT molecular complexity index is 404. The Kier molecular flexibility index (Phi) is 5.30. The lowest BCUT2D eigenvalue weighted by Crippen LogP contribution is -2.36. The first-order valence-electron chi connectivity index (χ1n) is 8.07. The average molecular weight is 294 g/mol. The molecule has 21 heavy (non-hydrogen) atoms. The van der Waals surface area contributed by atoms with Crippen LogP contribution in [0.15, 0.2) is 18.3 Å². The minimum atomic E-state index is -0.414. The monoisotopic (exact) mass is 294 g/mol. The number of hydrogen-bond acceptors (Lipinski definition) is 4. The third kappa shape index (κ3) is 4.07. The molecule has 0 spiro atoms. The molecule has 2 N–H and O–H groups in total. The maximum absolute atomic E-state index is 10.2. The lowest BCUT2D eigenvalue weighted by Gasteiger charge is -2.28. The molecule has 0 radical (unpaired) electrons. The molecule has 2 aliphatic rings. The molecule has 1 aromatic rings. The first-order chi connectivity index (χ1) is 10.3. The Morgan fingerprint density at radius 2 is 2.24 bits per heavy atom. The zero-order valence-electron chi connectivity index (χ0n) is 12.5. The first kappa shape index (κ1) is 15.0. The van der Waals surface area contributed by atoms with E-state index in [1.807, 2.05) is 12.3 Å². The van der Waals surface area contributed by atoms with Gasteiger partial charge in [0.25, 0.3) is 0 Å². The van der Waals surface area contributed by atoms with Gasteiger partial charge in [0.2, 0.25) is 0 Å². The average Bonchev–Trinajstić information content (AvgIpc) is 3.17. The zero-order valence-corrected chi connectivity index (χ0v) is 12.5. The molecule has 3 heterocycles. The van der Waals surface area contributed by atoms with Crippen LogP contribution in [0.4, 0.5) is 0 Å². The van der Waals surface area contributed by atoms with Crippen molar-refractivity contribution in [3.8, 4) is 0 Å². The van der Waals surface area contributed by atoms with Crippen LogP contribution >= 0.6 is 0 Å². The highest BCUT2D eigenvalue weighted by atomic mass is 16.5. The summed E-state index contributed by atoms with van der Waals surface area (Å²) in [7, 11) is 0. The third-order valence-electron chi connectivity index (χ3n) is 4.48. The van der Waals surface area contributed by atoms with E-state index in [2.05, 4.69) is 16.0 Å². The number of hydrogen-bond donors (Lipinski definition) is 2. The largest absolute Gasteiger partial charge is 0.389 e. The number of β-amino-alcohol motifs (C(OH)–C–C–N with tert-alkyl or cyclic N) is 1. The van der Waals surface area contributed by atoms with Crippen LogP contribution in [0.1, 0.15) is 37.4 Å². The molecule has 5 heteroatoms. The number of aliphatic hydroxyl groups excluding tert-OH is 1. The summed E-state index contributed by atoms with van der Waals surface area (Å²) in [4.78, 5) is 5.66. The normalized spacial score (nSPS) is 26.2. The van der Waals surface area contributed by atoms with Gasteiger partial charge >= 0.3 is 0 Å². The summed E-state index contributed by atoms with van der Waals surface area (Å²) in [5.41, 5.74) is 1.25. The topological polar surface area (TPSA) is 57.7 Å². The molecule has 1 aromatic heterocycles. The van der Waals surface area contributed by atoms with Gasteiger partial charge in [-0.3, -0.25) is 4.90 Å². The highest BCUT2D eigenvalue weighted by molar-refractivity contribution is 5.11. The van der Waals surface area contributed by atoms with Crippen LogP contribution in [0.5, 0.6) is 0 Å². The van der Waals surface area contributed by atoms with Crippen LogP contribution in [0, 0.1) is 0 Å². The minimum absolute atomic E-state index is 0.256. The molecule has 3 rings (SSSR count). The quantitative estimate of drug-likeness (QED) is 0.838. The molecule has 0 amide bonds. The predicted molar refractivity (Wildman–Crippen MR) is 80.1 cm³/mol. The summed E-state index contributed by atoms with van der Waals surface area (Å²) in [6.45, 7) is 3.73. The molecular formula is C16H26N2O3. The van der Waals surface area contributed by atoms with E-state index in [1.54, 1.807) is 0 Å². The molecule has 0 saturated carbocycles. The van der Waals surface area contributed by atoms with Gasteiger partial charge in [0.05, 0.1) is 18.8 Å². The fourth-order valence-corrected chi connectivity index (χ4v) is 3.36. The summed E-state index contributed by atoms with van der Waals surface area (Å²) in [6, 6.07) is 4.59. The van der Waals surface area contributed by atoms with Gasteiger partial charge in [0.1, 0.15) is 0 Å². The Hall–Kier alpha value is -0.880. The number of aliphatic hydroxyl groups is 1. The number of nitrogens with one attached hydrogen (secondary N) is 1. The van der Waals surface area contributed by atoms with Crippen molar-refractivity contribution in [1.82, 2.24) is 9.88 Å². The Labute approximate surface area is 126 Å². The van der Waals surface area contributed by atoms with E-state index in [4.69, 9.17) is 9.47 Å². The molecule has 118 valence electrons. The zero-order chi connectivity index (χ0) is 14.5. The molecule has 0 aliphatic carbocycles. The standard InChI is InChI=1S/C16H26N2O3/c19-13(12-21-14-5-9-20-10-6-14)11-18-8-2-4-16(18)15-3-1-7-17-15/h1,3,7,13-14,16-17,19H,2,4-6,8-12H2. The van der Waals surface area contributed by atoms with Crippen molar-refractivity contribution < 1.29 is 14.6 Å². The molecule has 2 atom stereocenters. The van der Waals surface area contributed by atoms with Gasteiger partial charge in [0, 0.05) is 37.7 Å². The van der Waals surface area contributed by atoms with Gasteiger partial charge in [0.15, 0.2) is 0 Å². The summed E-state index contributed by atoms with van der Waals surface area (Å²) >= 11 is 0. The van der Waals surface area contributed by atoms with Crippen molar-refractivity contribution >= 4 is 0 Å². The Morgan fingerprint density at radius 1 is 1.38 bits per heavy atom. The van der Waals surface area contributed by atoms with Gasteiger partial charge in [-0.1, -0.05) is 0 Å². The van der Waals surface area contributed by atoms with E-state index < -0.39 is 6.10 Å². The number of ether oxygens (including phenoxy) is 2. The lowest BCUT2D eigenvalue weighted by molar-refractivity contribution is -0.0647. The van der Waals surface area contributed by atoms with Crippen LogP contribution in [0.25, 0.3) is 0 Å². The number of rotatable bonds is 6. The summed E-state index contributed by atoms with van der Waals surface area (Å²) in [5.74, 6) is 0. The van der Waals surface area contributed by atoms with Gasteiger partial charge in [-0.15, -0.1) is 0 Å². The van der Waals surface area contributed by atoms with Crippen molar-refractivity contribution in [2.75, 3.05) is 32.9 Å². The Morgan fingerprint density at radius 3 is 3.00 bits per heavy atom. The summed E-state index contributed by atoms with van der Waals surface area (Å²) in [5, 5.41) is 10.2. The van der Waals surface area contributed by atoms with Crippen molar-refractivity contribution in [3.05, 3.63) is 24.0 Å². The number of aromatic nitrogens is 1. The number of H-pyrrole nitrogens is 1. The van der Waals surface area contributed by atoms with Crippen LogP contribution in [0.2, 0.25) is 0 Å². The van der Waals surface area contributed by atoms with Crippen molar-refractivity contribution in [2.24, 2.45) is 0 Å². The third-order valence-corrected chi connectivity index (χ3v) is 4.48. The molecule has 0 aromatic carbocycles. The van der Waals surface area contributed by atoms with Gasteiger partial charge < -0.3 is 19.6 Å². The maximum atomic E-state index is 10.2. The van der Waals surface area contributed by atoms with E-state index in [1.165, 1.54) is 12.1 Å². The number of likely N-dealkylation sites (tertiary alicyclic amines) is 1. The molecule has 5 nitrogen and oxygen atoms in total. The van der Waals surface area contributed by atoms with Crippen LogP contribution < -0.4 is 0 Å². The van der Waals surface area contributed by atoms with Gasteiger partial charge in [-0.2, -0.15) is 0 Å². The minimum Gasteiger partial charge on any atom is -0.389 e. The molecule has 2 saturated heterocycles. The molecule has 0 bridgehead atoms. The first-order valence-corrected chi connectivity index (χ1v) is 8.07. The maximum Gasteiger partial charge on any atom is 0.0900 e. The molecule has 2 unspecified atom stereocenters. The molecule has 2 fully saturated rings. The van der Waals surface area contributed by atoms with Crippen molar-refractivity contribution in [1.29, 1.82) is 0 Å². The van der Waals surface area contributed by atoms with E-state index in [-0.39, 0.29) is 6.10 Å². The lowest BCUT2D eigenvalue weighted by atomic mass is 10.1. The van der Waals surface area contributed by atoms with E-state index in [0.717, 1.165) is 39.0 Å². The number of nitrogens with zero attached hydrogens (tertiary/aromatic N) is 1. The van der Waals surface area contributed by atoms with E-state index in [0.29, 0.717) is 19.2 Å². The summed E-state index contributed by atoms with van der Waals surface area (Å²) < 4.78 is 11.1. The second kappa shape index (κ2) is 7.40. The fourth-order valence-electron chi connectivity index (χ4n) is 3.36. The van der Waals surface area contributed by atoms with E-state index in [9.17, 15) is 5.11 Å². The second-order valence-electron chi connectivity index (χ2n) is 6.08. The highest BCUT2D eigenvalue weighted by Gasteiger charge is 2.28. The SMILES string of the molecule is OC(COC1CCOCC1)CN1CCCC1c1ccc[nH]1. The Balaban J connectivity index is 1.44. The summed E-state index contributed by atoms with van der Waals surface area (Å²) in [6.07, 6.45) is 6.06. The van der Waals surface area contributed by atoms with Crippen LogP contribution in [-0.2, 0) is 9.47 Å². The molecule has 2 aliphatic heterocycles. The highest BCUT2D eigenvalue weighted by Crippen LogP contribution is 2.30. The second-order valence-corrected chi connectivity index (χ2v) is 6.08. The van der Waals surface area contributed by atoms with Crippen LogP contribution in [-0.4, -0.2) is 60.1 Å². The molecular weight excluding hydrogens is 268 g/mol. The van der Waals surface area contributed by atoms with Gasteiger partial charge in [-0.05, 0) is 44.4 Å².